The molecule has 0 aliphatic heterocycles. The molecule has 0 radical (unpaired) electrons. The van der Waals surface area contributed by atoms with Gasteiger partial charge >= 0.3 is 5.97 Å². The number of aliphatic carboxylic acids is 1. The Balaban J connectivity index is 2.29. The Morgan fingerprint density at radius 3 is 2.60 bits per heavy atom. The summed E-state index contributed by atoms with van der Waals surface area (Å²) in [4.78, 5) is 22.6. The maximum Gasteiger partial charge on any atom is 0.326 e. The highest BCUT2D eigenvalue weighted by atomic mass is 16.5. The van der Waals surface area contributed by atoms with Gasteiger partial charge in [0.15, 0.2) is 0 Å². The molecule has 110 valence electrons. The number of nitrogens with one attached hydrogen (secondary N) is 1. The molecule has 1 rings (SSSR count). The molecule has 1 amide bonds. The summed E-state index contributed by atoms with van der Waals surface area (Å²) in [6.45, 7) is 2.21. The molecule has 0 aliphatic carbocycles. The largest absolute Gasteiger partial charge is 0.493 e. The van der Waals surface area contributed by atoms with E-state index in [1.165, 1.54) is 0 Å². The number of rotatable bonds is 9. The SMILES string of the molecule is CCCCC(NC(=O)CCOc1ccccc1)C(=O)O. The Morgan fingerprint density at radius 1 is 1.30 bits per heavy atom. The van der Waals surface area contributed by atoms with Gasteiger partial charge in [-0.2, -0.15) is 0 Å². The third kappa shape index (κ3) is 6.22. The number of carboxylic acids is 1. The first-order valence-corrected chi connectivity index (χ1v) is 6.83. The number of amides is 1. The molecule has 0 aliphatic rings. The average molecular weight is 279 g/mol. The van der Waals surface area contributed by atoms with Crippen LogP contribution < -0.4 is 10.1 Å². The lowest BCUT2D eigenvalue weighted by Gasteiger charge is -2.14. The number of unbranched alkanes of at least 4 members (excludes halogenated alkanes) is 1. The zero-order valence-electron chi connectivity index (χ0n) is 11.7. The quantitative estimate of drug-likeness (QED) is 0.726. The second kappa shape index (κ2) is 8.96. The van der Waals surface area contributed by atoms with Crippen molar-refractivity contribution in [3.05, 3.63) is 30.3 Å². The highest BCUT2D eigenvalue weighted by Gasteiger charge is 2.18. The van der Waals surface area contributed by atoms with Crippen LogP contribution in [-0.4, -0.2) is 29.6 Å². The second-order valence-corrected chi connectivity index (χ2v) is 4.51. The van der Waals surface area contributed by atoms with Gasteiger partial charge in [-0.15, -0.1) is 0 Å². The zero-order valence-corrected chi connectivity index (χ0v) is 11.7. The summed E-state index contributed by atoms with van der Waals surface area (Å²) in [6, 6.07) is 8.38. The van der Waals surface area contributed by atoms with E-state index in [-0.39, 0.29) is 18.9 Å². The monoisotopic (exact) mass is 279 g/mol. The van der Waals surface area contributed by atoms with Gasteiger partial charge in [-0.05, 0) is 18.6 Å². The first-order valence-electron chi connectivity index (χ1n) is 6.83. The number of carbonyl (C=O) groups is 2. The fourth-order valence-corrected chi connectivity index (χ4v) is 1.71. The Bertz CT molecular complexity index is 419. The number of para-hydroxylation sites is 1. The smallest absolute Gasteiger partial charge is 0.326 e. The minimum atomic E-state index is -0.990. The number of benzene rings is 1. The minimum Gasteiger partial charge on any atom is -0.493 e. The maximum absolute atomic E-state index is 11.7. The molecule has 1 atom stereocenters. The van der Waals surface area contributed by atoms with Crippen LogP contribution in [0.3, 0.4) is 0 Å². The minimum absolute atomic E-state index is 0.144. The summed E-state index contributed by atoms with van der Waals surface area (Å²) in [5.74, 6) is -0.596. The Labute approximate surface area is 118 Å². The third-order valence-corrected chi connectivity index (χ3v) is 2.82. The Morgan fingerprint density at radius 2 is 2.00 bits per heavy atom. The van der Waals surface area contributed by atoms with E-state index in [1.54, 1.807) is 12.1 Å². The molecule has 0 bridgehead atoms. The van der Waals surface area contributed by atoms with Crippen LogP contribution in [0.4, 0.5) is 0 Å². The molecular formula is C15H21NO4. The fourth-order valence-electron chi connectivity index (χ4n) is 1.71. The van der Waals surface area contributed by atoms with Gasteiger partial charge in [0.05, 0.1) is 13.0 Å². The van der Waals surface area contributed by atoms with Gasteiger partial charge in [-0.3, -0.25) is 4.79 Å². The van der Waals surface area contributed by atoms with Crippen LogP contribution in [0.25, 0.3) is 0 Å². The summed E-state index contributed by atoms with van der Waals surface area (Å²) in [6.07, 6.45) is 2.27. The van der Waals surface area contributed by atoms with Crippen molar-refractivity contribution >= 4 is 11.9 Å². The molecule has 0 fully saturated rings. The van der Waals surface area contributed by atoms with Crippen molar-refractivity contribution in [1.82, 2.24) is 5.32 Å². The summed E-state index contributed by atoms with van der Waals surface area (Å²) in [5.41, 5.74) is 0. The van der Waals surface area contributed by atoms with Gasteiger partial charge in [-0.25, -0.2) is 4.79 Å². The molecular weight excluding hydrogens is 258 g/mol. The van der Waals surface area contributed by atoms with Crippen molar-refractivity contribution in [3.63, 3.8) is 0 Å². The first-order chi connectivity index (χ1) is 9.63. The molecule has 0 spiro atoms. The molecule has 5 heteroatoms. The zero-order chi connectivity index (χ0) is 14.8. The molecule has 0 saturated heterocycles. The number of hydrogen-bond acceptors (Lipinski definition) is 3. The van der Waals surface area contributed by atoms with Crippen LogP contribution >= 0.6 is 0 Å². The molecule has 1 unspecified atom stereocenters. The molecule has 2 N–H and O–H groups in total. The molecule has 20 heavy (non-hydrogen) atoms. The molecule has 0 aromatic heterocycles. The maximum atomic E-state index is 11.7. The summed E-state index contributed by atoms with van der Waals surface area (Å²) < 4.78 is 5.39. The van der Waals surface area contributed by atoms with Gasteiger partial charge in [0.25, 0.3) is 0 Å². The van der Waals surface area contributed by atoms with E-state index in [0.717, 1.165) is 12.8 Å². The Hall–Kier alpha value is -2.04. The topological polar surface area (TPSA) is 75.6 Å². The van der Waals surface area contributed by atoms with E-state index < -0.39 is 12.0 Å². The van der Waals surface area contributed by atoms with Crippen LogP contribution in [0.1, 0.15) is 32.6 Å². The standard InChI is InChI=1S/C15H21NO4/c1-2-3-9-13(15(18)19)16-14(17)10-11-20-12-7-5-4-6-8-12/h4-8,13H,2-3,9-11H2,1H3,(H,16,17)(H,18,19). The number of carboxylic acid groups (broad SMARTS) is 1. The van der Waals surface area contributed by atoms with Crippen molar-refractivity contribution in [1.29, 1.82) is 0 Å². The van der Waals surface area contributed by atoms with E-state index in [1.807, 2.05) is 25.1 Å². The van der Waals surface area contributed by atoms with Gasteiger partial charge in [0.2, 0.25) is 5.91 Å². The predicted molar refractivity (Wildman–Crippen MR) is 75.6 cm³/mol. The van der Waals surface area contributed by atoms with Crippen LogP contribution in [0.5, 0.6) is 5.75 Å². The van der Waals surface area contributed by atoms with E-state index in [2.05, 4.69) is 5.32 Å². The van der Waals surface area contributed by atoms with E-state index in [0.29, 0.717) is 12.2 Å². The first kappa shape index (κ1) is 16.0. The van der Waals surface area contributed by atoms with Crippen molar-refractivity contribution in [2.24, 2.45) is 0 Å². The van der Waals surface area contributed by atoms with Crippen LogP contribution in [0, 0.1) is 0 Å². The number of carbonyl (C=O) groups excluding carboxylic acids is 1. The van der Waals surface area contributed by atoms with Crippen molar-refractivity contribution < 1.29 is 19.4 Å². The fraction of sp³-hybridized carbons (Fsp3) is 0.467. The van der Waals surface area contributed by atoms with Crippen molar-refractivity contribution in [3.8, 4) is 5.75 Å². The van der Waals surface area contributed by atoms with Gasteiger partial charge in [-0.1, -0.05) is 38.0 Å². The Kier molecular flexibility index (Phi) is 7.17. The van der Waals surface area contributed by atoms with Crippen LogP contribution in [-0.2, 0) is 9.59 Å². The number of hydrogen-bond donors (Lipinski definition) is 2. The molecule has 1 aromatic carbocycles. The lowest BCUT2D eigenvalue weighted by Crippen LogP contribution is -2.41. The third-order valence-electron chi connectivity index (χ3n) is 2.82. The van der Waals surface area contributed by atoms with Gasteiger partial charge < -0.3 is 15.2 Å². The second-order valence-electron chi connectivity index (χ2n) is 4.51. The number of ether oxygens (including phenoxy) is 1. The molecule has 1 aromatic rings. The molecule has 0 heterocycles. The van der Waals surface area contributed by atoms with Crippen molar-refractivity contribution in [2.45, 2.75) is 38.6 Å². The van der Waals surface area contributed by atoms with Crippen molar-refractivity contribution in [2.75, 3.05) is 6.61 Å². The normalized spacial score (nSPS) is 11.7. The summed E-state index contributed by atoms with van der Waals surface area (Å²) in [7, 11) is 0. The predicted octanol–water partition coefficient (Wildman–Crippen LogP) is 2.22. The average Bonchev–Trinajstić information content (AvgIpc) is 2.44. The lowest BCUT2D eigenvalue weighted by atomic mass is 10.1. The van der Waals surface area contributed by atoms with Crippen LogP contribution in [0.15, 0.2) is 30.3 Å². The van der Waals surface area contributed by atoms with E-state index >= 15 is 0 Å². The molecule has 0 saturated carbocycles. The summed E-state index contributed by atoms with van der Waals surface area (Å²) >= 11 is 0. The summed E-state index contributed by atoms with van der Waals surface area (Å²) in [5, 5.41) is 11.5. The van der Waals surface area contributed by atoms with Crippen LogP contribution in [0.2, 0.25) is 0 Å². The highest BCUT2D eigenvalue weighted by Crippen LogP contribution is 2.08. The van der Waals surface area contributed by atoms with Gasteiger partial charge in [0.1, 0.15) is 11.8 Å². The lowest BCUT2D eigenvalue weighted by molar-refractivity contribution is -0.142. The van der Waals surface area contributed by atoms with E-state index in [9.17, 15) is 9.59 Å². The highest BCUT2D eigenvalue weighted by molar-refractivity contribution is 5.83. The van der Waals surface area contributed by atoms with Gasteiger partial charge in [0, 0.05) is 0 Å². The molecule has 5 nitrogen and oxygen atoms in total. The van der Waals surface area contributed by atoms with E-state index in [4.69, 9.17) is 9.84 Å².